The predicted molar refractivity (Wildman–Crippen MR) is 85.4 cm³/mol. The van der Waals surface area contributed by atoms with Crippen molar-refractivity contribution in [1.29, 1.82) is 0 Å². The maximum atomic E-state index is 11.6. The third kappa shape index (κ3) is 7.09. The van der Waals surface area contributed by atoms with Gasteiger partial charge in [-0.25, -0.2) is 0 Å². The molecule has 0 aliphatic rings. The van der Waals surface area contributed by atoms with E-state index in [4.69, 9.17) is 23.2 Å². The van der Waals surface area contributed by atoms with Gasteiger partial charge in [-0.1, -0.05) is 50.0 Å². The van der Waals surface area contributed by atoms with Gasteiger partial charge in [-0.2, -0.15) is 0 Å². The number of amides is 1. The lowest BCUT2D eigenvalue weighted by molar-refractivity contribution is -0.118. The topological polar surface area (TPSA) is 29.1 Å². The first kappa shape index (κ1) is 16.7. The molecule has 1 aromatic rings. The second kappa shape index (κ2) is 7.41. The van der Waals surface area contributed by atoms with Gasteiger partial charge in [0.05, 0.1) is 5.75 Å². The van der Waals surface area contributed by atoms with Gasteiger partial charge in [0.2, 0.25) is 5.91 Å². The van der Waals surface area contributed by atoms with Crippen LogP contribution in [0, 0.1) is 0 Å². The van der Waals surface area contributed by atoms with E-state index < -0.39 is 0 Å². The van der Waals surface area contributed by atoms with Gasteiger partial charge < -0.3 is 5.32 Å². The molecule has 0 saturated heterocycles. The van der Waals surface area contributed by atoms with Gasteiger partial charge in [-0.05, 0) is 24.1 Å². The first-order chi connectivity index (χ1) is 8.78. The fourth-order valence-corrected chi connectivity index (χ4v) is 2.56. The van der Waals surface area contributed by atoms with Crippen LogP contribution in [-0.4, -0.2) is 23.0 Å². The quantitative estimate of drug-likeness (QED) is 0.881. The minimum Gasteiger partial charge on any atom is -0.355 e. The van der Waals surface area contributed by atoms with E-state index in [0.29, 0.717) is 28.8 Å². The molecule has 0 aromatic heterocycles. The molecular weight excluding hydrogens is 301 g/mol. The Balaban J connectivity index is 2.32. The first-order valence-electron chi connectivity index (χ1n) is 6.12. The third-order valence-electron chi connectivity index (χ3n) is 2.37. The number of nitrogens with one attached hydrogen (secondary N) is 1. The van der Waals surface area contributed by atoms with Crippen LogP contribution < -0.4 is 5.32 Å². The van der Waals surface area contributed by atoms with Crippen LogP contribution in [0.1, 0.15) is 26.3 Å². The van der Waals surface area contributed by atoms with Crippen molar-refractivity contribution in [2.45, 2.75) is 31.9 Å². The monoisotopic (exact) mass is 319 g/mol. The summed E-state index contributed by atoms with van der Waals surface area (Å²) in [6.45, 7) is 6.88. The van der Waals surface area contributed by atoms with E-state index in [0.717, 1.165) is 5.56 Å². The highest BCUT2D eigenvalue weighted by molar-refractivity contribution is 8.01. The Morgan fingerprint density at radius 3 is 2.58 bits per heavy atom. The molecule has 5 heteroatoms. The minimum absolute atomic E-state index is 0.0602. The Hall–Kier alpha value is -0.380. The summed E-state index contributed by atoms with van der Waals surface area (Å²) >= 11 is 13.5. The molecule has 0 spiro atoms. The molecule has 1 rings (SSSR count). The SMILES string of the molecule is CC(C)(C)SCC(=O)NCCc1ccc(Cl)cc1Cl. The average molecular weight is 320 g/mol. The molecule has 1 amide bonds. The van der Waals surface area contributed by atoms with Crippen LogP contribution in [0.15, 0.2) is 18.2 Å². The highest BCUT2D eigenvalue weighted by Crippen LogP contribution is 2.23. The normalized spacial score (nSPS) is 11.4. The number of hydrogen-bond donors (Lipinski definition) is 1. The Morgan fingerprint density at radius 1 is 1.32 bits per heavy atom. The van der Waals surface area contributed by atoms with Gasteiger partial charge in [-0.3, -0.25) is 4.79 Å². The lowest BCUT2D eigenvalue weighted by atomic mass is 10.1. The summed E-state index contributed by atoms with van der Waals surface area (Å²) < 4.78 is 0.108. The van der Waals surface area contributed by atoms with Gasteiger partial charge in [0.1, 0.15) is 0 Å². The van der Waals surface area contributed by atoms with Crippen LogP contribution >= 0.6 is 35.0 Å². The van der Waals surface area contributed by atoms with Crippen LogP contribution in [0.5, 0.6) is 0 Å². The van der Waals surface area contributed by atoms with Crippen LogP contribution in [0.2, 0.25) is 10.0 Å². The summed E-state index contributed by atoms with van der Waals surface area (Å²) in [5.41, 5.74) is 0.995. The molecule has 0 atom stereocenters. The van der Waals surface area contributed by atoms with Crippen LogP contribution in [0.4, 0.5) is 0 Å². The van der Waals surface area contributed by atoms with Crippen molar-refractivity contribution >= 4 is 40.9 Å². The maximum absolute atomic E-state index is 11.6. The molecule has 0 saturated carbocycles. The molecule has 106 valence electrons. The van der Waals surface area contributed by atoms with Crippen LogP contribution in [0.3, 0.4) is 0 Å². The largest absolute Gasteiger partial charge is 0.355 e. The Morgan fingerprint density at radius 2 is 2.00 bits per heavy atom. The number of hydrogen-bond acceptors (Lipinski definition) is 2. The molecule has 0 unspecified atom stereocenters. The molecule has 2 nitrogen and oxygen atoms in total. The predicted octanol–water partition coefficient (Wildman–Crippen LogP) is 4.18. The molecule has 1 aromatic carbocycles. The van der Waals surface area contributed by atoms with E-state index >= 15 is 0 Å². The fourth-order valence-electron chi connectivity index (χ4n) is 1.39. The standard InChI is InChI=1S/C14H19Cl2NOS/c1-14(2,3)19-9-13(18)17-7-6-10-4-5-11(15)8-12(10)16/h4-5,8H,6-7,9H2,1-3H3,(H,17,18). The third-order valence-corrected chi connectivity index (χ3v) is 4.23. The number of halogens is 2. The molecule has 0 fully saturated rings. The molecule has 0 radical (unpaired) electrons. The maximum Gasteiger partial charge on any atom is 0.230 e. The van der Waals surface area contributed by atoms with Crippen molar-refractivity contribution < 1.29 is 4.79 Å². The molecule has 1 N–H and O–H groups in total. The van der Waals surface area contributed by atoms with E-state index in [1.807, 2.05) is 6.07 Å². The van der Waals surface area contributed by atoms with Gasteiger partial charge in [0.15, 0.2) is 0 Å². The molecular formula is C14H19Cl2NOS. The van der Waals surface area contributed by atoms with Crippen molar-refractivity contribution in [3.8, 4) is 0 Å². The van der Waals surface area contributed by atoms with Gasteiger partial charge >= 0.3 is 0 Å². The smallest absolute Gasteiger partial charge is 0.230 e. The Kier molecular flexibility index (Phi) is 6.51. The molecule has 19 heavy (non-hydrogen) atoms. The average Bonchev–Trinajstić information content (AvgIpc) is 2.28. The van der Waals surface area contributed by atoms with Crippen LogP contribution in [0.25, 0.3) is 0 Å². The van der Waals surface area contributed by atoms with Crippen molar-refractivity contribution in [3.63, 3.8) is 0 Å². The molecule has 0 aliphatic carbocycles. The molecule has 0 bridgehead atoms. The second-order valence-electron chi connectivity index (χ2n) is 5.24. The lowest BCUT2D eigenvalue weighted by Gasteiger charge is -2.17. The van der Waals surface area contributed by atoms with Gasteiger partial charge in [0, 0.05) is 21.3 Å². The minimum atomic E-state index is 0.0602. The second-order valence-corrected chi connectivity index (χ2v) is 7.88. The number of benzene rings is 1. The van der Waals surface area contributed by atoms with Crippen molar-refractivity contribution in [1.82, 2.24) is 5.32 Å². The Bertz CT molecular complexity index is 444. The lowest BCUT2D eigenvalue weighted by Crippen LogP contribution is -2.28. The zero-order chi connectivity index (χ0) is 14.5. The van der Waals surface area contributed by atoms with E-state index in [-0.39, 0.29) is 10.7 Å². The summed E-state index contributed by atoms with van der Waals surface area (Å²) in [5.74, 6) is 0.544. The highest BCUT2D eigenvalue weighted by atomic mass is 35.5. The zero-order valence-electron chi connectivity index (χ0n) is 11.4. The number of carbonyl (C=O) groups excluding carboxylic acids is 1. The zero-order valence-corrected chi connectivity index (χ0v) is 13.8. The van der Waals surface area contributed by atoms with Crippen molar-refractivity contribution in [2.24, 2.45) is 0 Å². The van der Waals surface area contributed by atoms with E-state index in [1.54, 1.807) is 23.9 Å². The summed E-state index contributed by atoms with van der Waals surface area (Å²) in [4.78, 5) is 11.6. The fraction of sp³-hybridized carbons (Fsp3) is 0.500. The number of rotatable bonds is 5. The van der Waals surface area contributed by atoms with Crippen molar-refractivity contribution in [2.75, 3.05) is 12.3 Å². The summed E-state index contributed by atoms with van der Waals surface area (Å²) in [5, 5.41) is 4.16. The summed E-state index contributed by atoms with van der Waals surface area (Å²) in [6, 6.07) is 5.41. The van der Waals surface area contributed by atoms with E-state index in [9.17, 15) is 4.79 Å². The summed E-state index contributed by atoms with van der Waals surface area (Å²) in [7, 11) is 0. The van der Waals surface area contributed by atoms with E-state index in [1.165, 1.54) is 0 Å². The number of carbonyl (C=O) groups is 1. The molecule has 0 aliphatic heterocycles. The summed E-state index contributed by atoms with van der Waals surface area (Å²) in [6.07, 6.45) is 0.710. The van der Waals surface area contributed by atoms with E-state index in [2.05, 4.69) is 26.1 Å². The van der Waals surface area contributed by atoms with Gasteiger partial charge in [0.25, 0.3) is 0 Å². The Labute approximate surface area is 129 Å². The van der Waals surface area contributed by atoms with Crippen LogP contribution in [-0.2, 0) is 11.2 Å². The number of thioether (sulfide) groups is 1. The molecule has 0 heterocycles. The van der Waals surface area contributed by atoms with Crippen molar-refractivity contribution in [3.05, 3.63) is 33.8 Å². The van der Waals surface area contributed by atoms with Gasteiger partial charge in [-0.15, -0.1) is 11.8 Å². The first-order valence-corrected chi connectivity index (χ1v) is 7.87. The highest BCUT2D eigenvalue weighted by Gasteiger charge is 2.13.